The standard InChI is InChI=1S/C18H21BrFN3O.HI/c1-21-18(22-10-9-13-3-6-15(20)7-4-13)23-12-14-5-8-17(24-2)16(19)11-14;/h3-8,11H,9-10,12H2,1-2H3,(H2,21,22,23);1H. The van der Waals surface area contributed by atoms with Crippen LogP contribution in [0.3, 0.4) is 0 Å². The van der Waals surface area contributed by atoms with E-state index in [1.807, 2.05) is 18.2 Å². The zero-order chi connectivity index (χ0) is 17.4. The summed E-state index contributed by atoms with van der Waals surface area (Å²) < 4.78 is 19.0. The number of rotatable bonds is 6. The number of ether oxygens (including phenoxy) is 1. The summed E-state index contributed by atoms with van der Waals surface area (Å²) in [5, 5.41) is 6.51. The molecule has 0 amide bonds. The Kier molecular flexibility index (Phi) is 9.81. The molecule has 0 aliphatic carbocycles. The minimum atomic E-state index is -0.213. The summed E-state index contributed by atoms with van der Waals surface area (Å²) in [5.41, 5.74) is 2.20. The highest BCUT2D eigenvalue weighted by atomic mass is 127. The Morgan fingerprint density at radius 2 is 1.80 bits per heavy atom. The van der Waals surface area contributed by atoms with Gasteiger partial charge in [-0.15, -0.1) is 24.0 Å². The van der Waals surface area contributed by atoms with E-state index in [9.17, 15) is 4.39 Å². The molecule has 2 rings (SSSR count). The fourth-order valence-electron chi connectivity index (χ4n) is 2.20. The molecule has 0 spiro atoms. The van der Waals surface area contributed by atoms with Gasteiger partial charge in [0.15, 0.2) is 5.96 Å². The van der Waals surface area contributed by atoms with Gasteiger partial charge in [0.2, 0.25) is 0 Å². The highest BCUT2D eigenvalue weighted by Crippen LogP contribution is 2.25. The number of aliphatic imine (C=N–C) groups is 1. The van der Waals surface area contributed by atoms with E-state index in [0.29, 0.717) is 6.54 Å². The minimum absolute atomic E-state index is 0. The van der Waals surface area contributed by atoms with Crippen molar-refractivity contribution in [2.75, 3.05) is 20.7 Å². The molecule has 4 nitrogen and oxygen atoms in total. The average Bonchev–Trinajstić information content (AvgIpc) is 2.59. The molecule has 0 heterocycles. The summed E-state index contributed by atoms with van der Waals surface area (Å²) in [4.78, 5) is 4.20. The molecule has 0 atom stereocenters. The normalized spacial score (nSPS) is 10.8. The third-order valence-corrected chi connectivity index (χ3v) is 4.14. The molecule has 25 heavy (non-hydrogen) atoms. The Balaban J connectivity index is 0.00000312. The second-order valence-corrected chi connectivity index (χ2v) is 6.05. The van der Waals surface area contributed by atoms with Crippen molar-refractivity contribution in [2.45, 2.75) is 13.0 Å². The molecule has 0 saturated heterocycles. The predicted octanol–water partition coefficient (Wildman–Crippen LogP) is 4.12. The summed E-state index contributed by atoms with van der Waals surface area (Å²) in [7, 11) is 3.38. The molecule has 136 valence electrons. The molecule has 2 aromatic carbocycles. The highest BCUT2D eigenvalue weighted by molar-refractivity contribution is 14.0. The minimum Gasteiger partial charge on any atom is -0.496 e. The number of hydrogen-bond acceptors (Lipinski definition) is 2. The van der Waals surface area contributed by atoms with Crippen molar-refractivity contribution >= 4 is 45.9 Å². The fraction of sp³-hybridized carbons (Fsp3) is 0.278. The molecule has 0 fully saturated rings. The summed E-state index contributed by atoms with van der Waals surface area (Å²) in [5.74, 6) is 1.32. The van der Waals surface area contributed by atoms with Crippen molar-refractivity contribution in [1.82, 2.24) is 10.6 Å². The van der Waals surface area contributed by atoms with Crippen LogP contribution in [0.4, 0.5) is 4.39 Å². The molecule has 7 heteroatoms. The van der Waals surface area contributed by atoms with Crippen LogP contribution in [0.5, 0.6) is 5.75 Å². The number of nitrogens with zero attached hydrogens (tertiary/aromatic N) is 1. The Hall–Kier alpha value is -1.35. The largest absolute Gasteiger partial charge is 0.496 e. The maximum absolute atomic E-state index is 12.9. The van der Waals surface area contributed by atoms with Gasteiger partial charge >= 0.3 is 0 Å². The van der Waals surface area contributed by atoms with Crippen molar-refractivity contribution in [3.63, 3.8) is 0 Å². The molecule has 0 saturated carbocycles. The SMILES string of the molecule is CN=C(NCCc1ccc(F)cc1)NCc1ccc(OC)c(Br)c1.I. The van der Waals surface area contributed by atoms with Crippen LogP contribution in [-0.4, -0.2) is 26.7 Å². The molecule has 0 bridgehead atoms. The van der Waals surface area contributed by atoms with Crippen molar-refractivity contribution in [2.24, 2.45) is 4.99 Å². The first kappa shape index (κ1) is 21.7. The fourth-order valence-corrected chi connectivity index (χ4v) is 2.79. The third-order valence-electron chi connectivity index (χ3n) is 3.52. The molecule has 0 unspecified atom stereocenters. The van der Waals surface area contributed by atoms with Gasteiger partial charge in [-0.05, 0) is 57.7 Å². The first-order valence-electron chi connectivity index (χ1n) is 7.63. The Morgan fingerprint density at radius 3 is 2.40 bits per heavy atom. The van der Waals surface area contributed by atoms with Crippen LogP contribution in [0.15, 0.2) is 51.9 Å². The third kappa shape index (κ3) is 7.19. The summed E-state index contributed by atoms with van der Waals surface area (Å²) in [6, 6.07) is 12.5. The lowest BCUT2D eigenvalue weighted by molar-refractivity contribution is 0.412. The molecule has 0 radical (unpaired) electrons. The molecule has 2 aromatic rings. The van der Waals surface area contributed by atoms with Crippen LogP contribution in [0, 0.1) is 5.82 Å². The zero-order valence-corrected chi connectivity index (χ0v) is 18.1. The monoisotopic (exact) mass is 521 g/mol. The van der Waals surface area contributed by atoms with E-state index in [1.165, 1.54) is 12.1 Å². The van der Waals surface area contributed by atoms with E-state index in [2.05, 4.69) is 31.6 Å². The lowest BCUT2D eigenvalue weighted by Crippen LogP contribution is -2.37. The highest BCUT2D eigenvalue weighted by Gasteiger charge is 2.03. The Labute approximate surface area is 173 Å². The van der Waals surface area contributed by atoms with Crippen molar-refractivity contribution in [3.8, 4) is 5.75 Å². The summed E-state index contributed by atoms with van der Waals surface area (Å²) in [6.07, 6.45) is 0.801. The average molecular weight is 522 g/mol. The van der Waals surface area contributed by atoms with Crippen molar-refractivity contribution < 1.29 is 9.13 Å². The number of nitrogens with one attached hydrogen (secondary N) is 2. The molecule has 0 aliphatic heterocycles. The van der Waals surface area contributed by atoms with Crippen molar-refractivity contribution in [1.29, 1.82) is 0 Å². The van der Waals surface area contributed by atoms with Gasteiger partial charge in [-0.1, -0.05) is 18.2 Å². The number of benzene rings is 2. The second-order valence-electron chi connectivity index (χ2n) is 5.20. The number of halogens is 3. The van der Waals surface area contributed by atoms with E-state index >= 15 is 0 Å². The molecular formula is C18H22BrFIN3O. The quantitative estimate of drug-likeness (QED) is 0.341. The maximum atomic E-state index is 12.9. The van der Waals surface area contributed by atoms with Gasteiger partial charge in [0.05, 0.1) is 11.6 Å². The van der Waals surface area contributed by atoms with Crippen LogP contribution in [-0.2, 0) is 13.0 Å². The van der Waals surface area contributed by atoms with Crippen molar-refractivity contribution in [3.05, 3.63) is 63.9 Å². The van der Waals surface area contributed by atoms with Crippen LogP contribution in [0.25, 0.3) is 0 Å². The van der Waals surface area contributed by atoms with E-state index < -0.39 is 0 Å². The second kappa shape index (κ2) is 11.3. The van der Waals surface area contributed by atoms with Gasteiger partial charge in [0.25, 0.3) is 0 Å². The zero-order valence-electron chi connectivity index (χ0n) is 14.2. The molecule has 2 N–H and O–H groups in total. The molecular weight excluding hydrogens is 500 g/mol. The van der Waals surface area contributed by atoms with Crippen LogP contribution < -0.4 is 15.4 Å². The summed E-state index contributed by atoms with van der Waals surface area (Å²) in [6.45, 7) is 1.37. The van der Waals surface area contributed by atoms with Crippen LogP contribution in [0.1, 0.15) is 11.1 Å². The van der Waals surface area contributed by atoms with E-state index in [0.717, 1.165) is 40.3 Å². The van der Waals surface area contributed by atoms with E-state index in [-0.39, 0.29) is 29.8 Å². The van der Waals surface area contributed by atoms with Gasteiger partial charge in [-0.25, -0.2) is 4.39 Å². The van der Waals surface area contributed by atoms with E-state index in [1.54, 1.807) is 26.3 Å². The number of guanidine groups is 1. The first-order valence-corrected chi connectivity index (χ1v) is 8.43. The number of methoxy groups -OCH3 is 1. The van der Waals surface area contributed by atoms with Gasteiger partial charge in [0, 0.05) is 20.1 Å². The van der Waals surface area contributed by atoms with Gasteiger partial charge < -0.3 is 15.4 Å². The number of hydrogen-bond donors (Lipinski definition) is 2. The van der Waals surface area contributed by atoms with Gasteiger partial charge in [0.1, 0.15) is 11.6 Å². The topological polar surface area (TPSA) is 45.7 Å². The smallest absolute Gasteiger partial charge is 0.191 e. The molecule has 0 aromatic heterocycles. The lowest BCUT2D eigenvalue weighted by atomic mass is 10.1. The van der Waals surface area contributed by atoms with Crippen LogP contribution >= 0.6 is 39.9 Å². The first-order chi connectivity index (χ1) is 11.6. The predicted molar refractivity (Wildman–Crippen MR) is 114 cm³/mol. The molecule has 0 aliphatic rings. The van der Waals surface area contributed by atoms with Crippen LogP contribution in [0.2, 0.25) is 0 Å². The van der Waals surface area contributed by atoms with Gasteiger partial charge in [-0.3, -0.25) is 4.99 Å². The Morgan fingerprint density at radius 1 is 1.12 bits per heavy atom. The maximum Gasteiger partial charge on any atom is 0.191 e. The lowest BCUT2D eigenvalue weighted by Gasteiger charge is -2.13. The Bertz CT molecular complexity index is 695. The summed E-state index contributed by atoms with van der Waals surface area (Å²) >= 11 is 3.48. The van der Waals surface area contributed by atoms with E-state index in [4.69, 9.17) is 4.74 Å². The van der Waals surface area contributed by atoms with Gasteiger partial charge in [-0.2, -0.15) is 0 Å².